The van der Waals surface area contributed by atoms with Crippen LogP contribution >= 0.6 is 0 Å². The minimum atomic E-state index is -0.182. The molecule has 0 bridgehead atoms. The highest BCUT2D eigenvalue weighted by molar-refractivity contribution is 5.93. The summed E-state index contributed by atoms with van der Waals surface area (Å²) in [6, 6.07) is 9.79. The van der Waals surface area contributed by atoms with E-state index in [0.29, 0.717) is 24.0 Å². The first-order valence-electron chi connectivity index (χ1n) is 8.24. The van der Waals surface area contributed by atoms with E-state index in [1.807, 2.05) is 18.2 Å². The van der Waals surface area contributed by atoms with Crippen LogP contribution in [0.15, 0.2) is 36.7 Å². The largest absolute Gasteiger partial charge is 0.350 e. The van der Waals surface area contributed by atoms with Crippen molar-refractivity contribution in [1.29, 1.82) is 0 Å². The maximum Gasteiger partial charge on any atom is 0.270 e. The van der Waals surface area contributed by atoms with E-state index in [-0.39, 0.29) is 11.3 Å². The predicted molar refractivity (Wildman–Crippen MR) is 97.6 cm³/mol. The average Bonchev–Trinajstić information content (AvgIpc) is 2.52. The zero-order valence-electron chi connectivity index (χ0n) is 15.1. The van der Waals surface area contributed by atoms with Gasteiger partial charge in [0.05, 0.1) is 0 Å². The second kappa shape index (κ2) is 7.43. The Morgan fingerprint density at radius 1 is 1.17 bits per heavy atom. The van der Waals surface area contributed by atoms with Gasteiger partial charge in [0, 0.05) is 18.3 Å². The van der Waals surface area contributed by atoms with Gasteiger partial charge in [-0.3, -0.25) is 4.79 Å². The summed E-state index contributed by atoms with van der Waals surface area (Å²) in [7, 11) is 0. The summed E-state index contributed by atoms with van der Waals surface area (Å²) in [6.45, 7) is 11.2. The molecule has 0 aliphatic rings. The summed E-state index contributed by atoms with van der Waals surface area (Å²) in [5.74, 6) is 0.821. The van der Waals surface area contributed by atoms with Crippen molar-refractivity contribution < 1.29 is 4.79 Å². The zero-order valence-corrected chi connectivity index (χ0v) is 15.1. The van der Waals surface area contributed by atoms with Crippen LogP contribution in [0.2, 0.25) is 0 Å². The molecule has 0 spiro atoms. The molecule has 0 atom stereocenters. The third-order valence-corrected chi connectivity index (χ3v) is 3.57. The normalized spacial score (nSPS) is 11.4. The number of benzene rings is 1. The number of carbonyl (C=O) groups is 1. The molecule has 1 aromatic heterocycles. The molecule has 0 saturated carbocycles. The van der Waals surface area contributed by atoms with Gasteiger partial charge >= 0.3 is 0 Å². The maximum atomic E-state index is 12.2. The minimum Gasteiger partial charge on any atom is -0.350 e. The van der Waals surface area contributed by atoms with Gasteiger partial charge in [-0.15, -0.1) is 0 Å². The SMILES string of the molecule is CC(C)CNC(=O)c1cc(Nc2ccccc2C(C)(C)C)ncn1. The van der Waals surface area contributed by atoms with Crippen molar-refractivity contribution in [2.75, 3.05) is 11.9 Å². The van der Waals surface area contributed by atoms with Crippen LogP contribution in [0.5, 0.6) is 0 Å². The number of aromatic nitrogens is 2. The number of amides is 1. The maximum absolute atomic E-state index is 12.2. The first kappa shape index (κ1) is 17.9. The van der Waals surface area contributed by atoms with Crippen molar-refractivity contribution in [2.24, 2.45) is 5.92 Å². The van der Waals surface area contributed by atoms with Crippen molar-refractivity contribution in [1.82, 2.24) is 15.3 Å². The Morgan fingerprint density at radius 2 is 1.88 bits per heavy atom. The Morgan fingerprint density at radius 3 is 2.54 bits per heavy atom. The lowest BCUT2D eigenvalue weighted by Gasteiger charge is -2.23. The molecule has 1 aromatic carbocycles. The molecule has 0 unspecified atom stereocenters. The van der Waals surface area contributed by atoms with Gasteiger partial charge in [-0.2, -0.15) is 0 Å². The number of nitrogens with one attached hydrogen (secondary N) is 2. The summed E-state index contributed by atoms with van der Waals surface area (Å²) in [5.41, 5.74) is 2.54. The number of rotatable bonds is 5. The van der Waals surface area contributed by atoms with E-state index in [2.05, 4.69) is 61.3 Å². The molecule has 0 saturated heterocycles. The van der Waals surface area contributed by atoms with E-state index < -0.39 is 0 Å². The van der Waals surface area contributed by atoms with Crippen molar-refractivity contribution in [3.63, 3.8) is 0 Å². The number of anilines is 2. The number of nitrogens with zero attached hydrogens (tertiary/aromatic N) is 2. The van der Waals surface area contributed by atoms with Crippen molar-refractivity contribution in [3.05, 3.63) is 47.9 Å². The number of hydrogen-bond donors (Lipinski definition) is 2. The van der Waals surface area contributed by atoms with Crippen LogP contribution in [-0.2, 0) is 5.41 Å². The van der Waals surface area contributed by atoms with Crippen LogP contribution in [-0.4, -0.2) is 22.4 Å². The van der Waals surface area contributed by atoms with Crippen molar-refractivity contribution in [2.45, 2.75) is 40.0 Å². The lowest BCUT2D eigenvalue weighted by atomic mass is 9.86. The quantitative estimate of drug-likeness (QED) is 0.874. The summed E-state index contributed by atoms with van der Waals surface area (Å²) >= 11 is 0. The second-order valence-corrected chi connectivity index (χ2v) is 7.31. The van der Waals surface area contributed by atoms with Crippen LogP contribution in [0.4, 0.5) is 11.5 Å². The van der Waals surface area contributed by atoms with Gasteiger partial charge in [0.15, 0.2) is 0 Å². The topological polar surface area (TPSA) is 66.9 Å². The third kappa shape index (κ3) is 4.78. The van der Waals surface area contributed by atoms with Gasteiger partial charge in [-0.05, 0) is 23.0 Å². The van der Waals surface area contributed by atoms with Crippen LogP contribution in [0.1, 0.15) is 50.7 Å². The van der Waals surface area contributed by atoms with Gasteiger partial charge < -0.3 is 10.6 Å². The van der Waals surface area contributed by atoms with Crippen LogP contribution in [0, 0.1) is 5.92 Å². The van der Waals surface area contributed by atoms with E-state index in [1.165, 1.54) is 11.9 Å². The fourth-order valence-electron chi connectivity index (χ4n) is 2.32. The van der Waals surface area contributed by atoms with E-state index >= 15 is 0 Å². The zero-order chi connectivity index (χ0) is 17.7. The molecular formula is C19H26N4O. The van der Waals surface area contributed by atoms with E-state index in [4.69, 9.17) is 0 Å². The molecule has 2 aromatic rings. The molecule has 2 N–H and O–H groups in total. The van der Waals surface area contributed by atoms with Crippen LogP contribution < -0.4 is 10.6 Å². The molecule has 2 rings (SSSR count). The predicted octanol–water partition coefficient (Wildman–Crippen LogP) is 3.90. The van der Waals surface area contributed by atoms with E-state index in [9.17, 15) is 4.79 Å². The van der Waals surface area contributed by atoms with E-state index in [1.54, 1.807) is 6.07 Å². The molecule has 5 heteroatoms. The third-order valence-electron chi connectivity index (χ3n) is 3.57. The van der Waals surface area contributed by atoms with Crippen molar-refractivity contribution >= 4 is 17.4 Å². The molecule has 0 radical (unpaired) electrons. The Balaban J connectivity index is 2.20. The minimum absolute atomic E-state index is 0.00803. The molecule has 0 aliphatic heterocycles. The van der Waals surface area contributed by atoms with Gasteiger partial charge in [0.25, 0.3) is 5.91 Å². The molecule has 24 heavy (non-hydrogen) atoms. The number of carbonyl (C=O) groups excluding carboxylic acids is 1. The lowest BCUT2D eigenvalue weighted by Crippen LogP contribution is -2.28. The summed E-state index contributed by atoms with van der Waals surface area (Å²) in [5, 5.41) is 6.18. The first-order valence-corrected chi connectivity index (χ1v) is 8.24. The Labute approximate surface area is 143 Å². The van der Waals surface area contributed by atoms with Gasteiger partial charge in [-0.25, -0.2) is 9.97 Å². The Bertz CT molecular complexity index is 705. The molecule has 1 heterocycles. The van der Waals surface area contributed by atoms with Gasteiger partial charge in [0.2, 0.25) is 0 Å². The smallest absolute Gasteiger partial charge is 0.270 e. The molecule has 128 valence electrons. The first-order chi connectivity index (χ1) is 11.3. The fourth-order valence-corrected chi connectivity index (χ4v) is 2.32. The molecular weight excluding hydrogens is 300 g/mol. The highest BCUT2D eigenvalue weighted by atomic mass is 16.1. The molecule has 0 fully saturated rings. The summed E-state index contributed by atoms with van der Waals surface area (Å²) in [6.07, 6.45) is 1.41. The highest BCUT2D eigenvalue weighted by Crippen LogP contribution is 2.30. The molecule has 1 amide bonds. The van der Waals surface area contributed by atoms with Crippen LogP contribution in [0.3, 0.4) is 0 Å². The number of hydrogen-bond acceptors (Lipinski definition) is 4. The van der Waals surface area contributed by atoms with Gasteiger partial charge in [-0.1, -0.05) is 52.8 Å². The fraction of sp³-hybridized carbons (Fsp3) is 0.421. The summed E-state index contributed by atoms with van der Waals surface area (Å²) in [4.78, 5) is 20.5. The molecule has 0 aliphatic carbocycles. The molecule has 5 nitrogen and oxygen atoms in total. The Hall–Kier alpha value is -2.43. The summed E-state index contributed by atoms with van der Waals surface area (Å²) < 4.78 is 0. The van der Waals surface area contributed by atoms with Gasteiger partial charge in [0.1, 0.15) is 17.8 Å². The van der Waals surface area contributed by atoms with Crippen LogP contribution in [0.25, 0.3) is 0 Å². The standard InChI is InChI=1S/C19H26N4O/c1-13(2)11-20-18(24)16-10-17(22-12-21-16)23-15-9-7-6-8-14(15)19(3,4)5/h6-10,12-13H,11H2,1-5H3,(H,20,24)(H,21,22,23). The average molecular weight is 326 g/mol. The Kier molecular flexibility index (Phi) is 5.54. The van der Waals surface area contributed by atoms with E-state index in [0.717, 1.165) is 5.69 Å². The second-order valence-electron chi connectivity index (χ2n) is 7.31. The monoisotopic (exact) mass is 326 g/mol. The van der Waals surface area contributed by atoms with Crippen molar-refractivity contribution in [3.8, 4) is 0 Å². The highest BCUT2D eigenvalue weighted by Gasteiger charge is 2.18. The number of para-hydroxylation sites is 1. The lowest BCUT2D eigenvalue weighted by molar-refractivity contribution is 0.0944.